The van der Waals surface area contributed by atoms with Crippen molar-refractivity contribution in [2.24, 2.45) is 5.73 Å². The Kier molecular flexibility index (Phi) is 6.33. The molecule has 1 amide bonds. The van der Waals surface area contributed by atoms with E-state index in [1.54, 1.807) is 17.1 Å². The normalized spacial score (nSPS) is 12.0. The lowest BCUT2D eigenvalue weighted by atomic mass is 10.2. The summed E-state index contributed by atoms with van der Waals surface area (Å²) in [5.74, 6) is 0.0907. The van der Waals surface area contributed by atoms with Gasteiger partial charge < -0.3 is 15.8 Å². The second-order valence-corrected chi connectivity index (χ2v) is 5.86. The maximum Gasteiger partial charge on any atom is 0.350 e. The van der Waals surface area contributed by atoms with Crippen LogP contribution in [0.25, 0.3) is 0 Å². The lowest BCUT2D eigenvalue weighted by Crippen LogP contribution is -2.36. The Balaban J connectivity index is 2.78. The zero-order chi connectivity index (χ0) is 14.4. The van der Waals surface area contributed by atoms with Crippen LogP contribution in [0.3, 0.4) is 0 Å². The van der Waals surface area contributed by atoms with Gasteiger partial charge in [0.05, 0.1) is 18.8 Å². The molecule has 0 aliphatic rings. The highest BCUT2D eigenvalue weighted by atomic mass is 32.2. The molecule has 1 aromatic rings. The zero-order valence-electron chi connectivity index (χ0n) is 11.2. The van der Waals surface area contributed by atoms with E-state index in [1.807, 2.05) is 13.2 Å². The van der Waals surface area contributed by atoms with E-state index in [0.29, 0.717) is 17.0 Å². The van der Waals surface area contributed by atoms with Crippen molar-refractivity contribution in [1.29, 1.82) is 0 Å². The molecule has 5 nitrogen and oxygen atoms in total. The number of rotatable bonds is 6. The maximum atomic E-state index is 11.9. The van der Waals surface area contributed by atoms with Crippen LogP contribution < -0.4 is 11.1 Å². The molecule has 1 atom stereocenters. The van der Waals surface area contributed by atoms with Crippen LogP contribution in [0, 0.1) is 6.92 Å². The largest absolute Gasteiger partial charge is 0.465 e. The minimum atomic E-state index is -0.572. The maximum absolute atomic E-state index is 11.9. The Labute approximate surface area is 120 Å². The molecule has 0 spiro atoms. The van der Waals surface area contributed by atoms with Gasteiger partial charge in [-0.25, -0.2) is 4.79 Å². The molecule has 0 aliphatic heterocycles. The first-order valence-corrected chi connectivity index (χ1v) is 8.00. The Morgan fingerprint density at radius 2 is 2.26 bits per heavy atom. The summed E-state index contributed by atoms with van der Waals surface area (Å²) < 4.78 is 4.68. The Bertz CT molecular complexity index is 460. The molecule has 0 aromatic carbocycles. The molecule has 0 saturated carbocycles. The predicted molar refractivity (Wildman–Crippen MR) is 80.0 cm³/mol. The van der Waals surface area contributed by atoms with E-state index in [0.717, 1.165) is 11.3 Å². The third-order valence-corrected chi connectivity index (χ3v) is 4.29. The van der Waals surface area contributed by atoms with Gasteiger partial charge in [-0.3, -0.25) is 4.79 Å². The molecule has 106 valence electrons. The van der Waals surface area contributed by atoms with Gasteiger partial charge in [-0.15, -0.1) is 11.3 Å². The highest BCUT2D eigenvalue weighted by Crippen LogP contribution is 2.28. The average molecular weight is 302 g/mol. The number of ether oxygens (including phenoxy) is 1. The molecule has 0 bridgehead atoms. The van der Waals surface area contributed by atoms with E-state index < -0.39 is 12.0 Å². The van der Waals surface area contributed by atoms with E-state index in [-0.39, 0.29) is 5.91 Å². The summed E-state index contributed by atoms with van der Waals surface area (Å²) in [6.07, 6.45) is 2.56. The number of anilines is 1. The number of thiophene rings is 1. The fourth-order valence-corrected chi connectivity index (χ4v) is 2.85. The van der Waals surface area contributed by atoms with Crippen LogP contribution >= 0.6 is 23.1 Å². The number of hydrogen-bond donors (Lipinski definition) is 2. The number of amides is 1. The van der Waals surface area contributed by atoms with Crippen LogP contribution in [-0.2, 0) is 9.53 Å². The molecule has 1 aromatic heterocycles. The topological polar surface area (TPSA) is 81.4 Å². The quantitative estimate of drug-likeness (QED) is 0.784. The highest BCUT2D eigenvalue weighted by Gasteiger charge is 2.21. The number of carbonyl (C=O) groups excluding carboxylic acids is 2. The fraction of sp³-hybridized carbons (Fsp3) is 0.500. The number of aryl methyl sites for hydroxylation is 1. The van der Waals surface area contributed by atoms with Crippen LogP contribution in [0.5, 0.6) is 0 Å². The molecule has 0 radical (unpaired) electrons. The number of nitrogens with one attached hydrogen (secondary N) is 1. The van der Waals surface area contributed by atoms with Gasteiger partial charge in [0.2, 0.25) is 5.91 Å². The Hall–Kier alpha value is -1.05. The lowest BCUT2D eigenvalue weighted by molar-refractivity contribution is -0.117. The Morgan fingerprint density at radius 1 is 1.58 bits per heavy atom. The molecule has 3 N–H and O–H groups in total. The van der Waals surface area contributed by atoms with Gasteiger partial charge in [0.15, 0.2) is 0 Å². The molecular weight excluding hydrogens is 284 g/mol. The van der Waals surface area contributed by atoms with Crippen molar-refractivity contribution < 1.29 is 14.3 Å². The second-order valence-electron chi connectivity index (χ2n) is 3.99. The summed E-state index contributed by atoms with van der Waals surface area (Å²) in [5, 5.41) is 4.52. The minimum absolute atomic E-state index is 0.277. The summed E-state index contributed by atoms with van der Waals surface area (Å²) in [7, 11) is 1.31. The van der Waals surface area contributed by atoms with Gasteiger partial charge in [0.25, 0.3) is 0 Å². The first-order chi connectivity index (χ1) is 9.01. The van der Waals surface area contributed by atoms with Crippen LogP contribution in [-0.4, -0.2) is 37.0 Å². The van der Waals surface area contributed by atoms with Gasteiger partial charge in [0, 0.05) is 0 Å². The van der Waals surface area contributed by atoms with E-state index >= 15 is 0 Å². The molecule has 19 heavy (non-hydrogen) atoms. The smallest absolute Gasteiger partial charge is 0.350 e. The summed E-state index contributed by atoms with van der Waals surface area (Å²) in [6.45, 7) is 1.83. The number of nitrogens with two attached hydrogens (primary N) is 1. The minimum Gasteiger partial charge on any atom is -0.465 e. The van der Waals surface area contributed by atoms with Crippen LogP contribution in [0.4, 0.5) is 5.69 Å². The molecule has 0 fully saturated rings. The van der Waals surface area contributed by atoms with Crippen LogP contribution in [0.15, 0.2) is 5.38 Å². The van der Waals surface area contributed by atoms with Gasteiger partial charge in [-0.1, -0.05) is 0 Å². The molecule has 0 saturated heterocycles. The first-order valence-electron chi connectivity index (χ1n) is 5.73. The lowest BCUT2D eigenvalue weighted by Gasteiger charge is -2.12. The number of carbonyl (C=O) groups is 2. The molecule has 0 unspecified atom stereocenters. The first kappa shape index (κ1) is 16.0. The summed E-state index contributed by atoms with van der Waals surface area (Å²) in [6, 6.07) is -0.572. The van der Waals surface area contributed by atoms with E-state index in [2.05, 4.69) is 10.1 Å². The van der Waals surface area contributed by atoms with Crippen molar-refractivity contribution in [3.8, 4) is 0 Å². The predicted octanol–water partition coefficient (Wildman–Crippen LogP) is 1.86. The van der Waals surface area contributed by atoms with E-state index in [9.17, 15) is 9.59 Å². The molecular formula is C12H18N2O3S2. The third-order valence-electron chi connectivity index (χ3n) is 2.56. The molecule has 7 heteroatoms. The van der Waals surface area contributed by atoms with Gasteiger partial charge >= 0.3 is 5.97 Å². The summed E-state index contributed by atoms with van der Waals surface area (Å²) in [4.78, 5) is 23.9. The van der Waals surface area contributed by atoms with Crippen molar-refractivity contribution in [2.75, 3.05) is 24.4 Å². The molecule has 1 rings (SSSR count). The Morgan fingerprint density at radius 3 is 2.84 bits per heavy atom. The fourth-order valence-electron chi connectivity index (χ4n) is 1.43. The number of methoxy groups -OCH3 is 1. The van der Waals surface area contributed by atoms with Crippen molar-refractivity contribution in [3.05, 3.63) is 15.8 Å². The highest BCUT2D eigenvalue weighted by molar-refractivity contribution is 7.98. The third kappa shape index (κ3) is 4.22. The van der Waals surface area contributed by atoms with Crippen molar-refractivity contribution >= 4 is 40.7 Å². The van der Waals surface area contributed by atoms with Crippen LogP contribution in [0.2, 0.25) is 0 Å². The number of hydrogen-bond acceptors (Lipinski definition) is 6. The molecule has 0 aliphatic carbocycles. The van der Waals surface area contributed by atoms with E-state index in [1.165, 1.54) is 18.4 Å². The SMILES string of the molecule is COC(=O)c1scc(C)c1NC(=O)[C@H](N)CCSC. The van der Waals surface area contributed by atoms with Crippen LogP contribution in [0.1, 0.15) is 21.7 Å². The number of esters is 1. The molecule has 1 heterocycles. The van der Waals surface area contributed by atoms with Crippen molar-refractivity contribution in [1.82, 2.24) is 0 Å². The number of thioether (sulfide) groups is 1. The van der Waals surface area contributed by atoms with Crippen molar-refractivity contribution in [3.63, 3.8) is 0 Å². The standard InChI is InChI=1S/C12H18N2O3S2/c1-7-6-19-10(12(16)17-2)9(7)14-11(15)8(13)4-5-18-3/h6,8H,4-5,13H2,1-3H3,(H,14,15)/t8-/m1/s1. The summed E-state index contributed by atoms with van der Waals surface area (Å²) >= 11 is 2.88. The van der Waals surface area contributed by atoms with Gasteiger partial charge in [0.1, 0.15) is 4.88 Å². The van der Waals surface area contributed by atoms with Gasteiger partial charge in [-0.05, 0) is 36.3 Å². The average Bonchev–Trinajstić information content (AvgIpc) is 2.76. The van der Waals surface area contributed by atoms with Gasteiger partial charge in [-0.2, -0.15) is 11.8 Å². The summed E-state index contributed by atoms with van der Waals surface area (Å²) in [5.41, 5.74) is 7.12. The second kappa shape index (κ2) is 7.52. The van der Waals surface area contributed by atoms with E-state index in [4.69, 9.17) is 5.73 Å². The zero-order valence-corrected chi connectivity index (χ0v) is 12.8. The monoisotopic (exact) mass is 302 g/mol. The van der Waals surface area contributed by atoms with Crippen molar-refractivity contribution in [2.45, 2.75) is 19.4 Å².